The first-order chi connectivity index (χ1) is 12.5. The second-order valence-corrected chi connectivity index (χ2v) is 5.63. The van der Waals surface area contributed by atoms with Gasteiger partial charge < -0.3 is 14.6 Å². The average Bonchev–Trinajstić information content (AvgIpc) is 2.66. The Bertz CT molecular complexity index is 888. The molecule has 1 aliphatic rings. The van der Waals surface area contributed by atoms with Gasteiger partial charge in [0.2, 0.25) is 0 Å². The summed E-state index contributed by atoms with van der Waals surface area (Å²) in [6.45, 7) is 1.65. The fraction of sp³-hybridized carbons (Fsp3) is 0.211. The van der Waals surface area contributed by atoms with Crippen LogP contribution in [0.5, 0.6) is 5.75 Å². The van der Waals surface area contributed by atoms with Gasteiger partial charge in [-0.2, -0.15) is 5.26 Å². The van der Waals surface area contributed by atoms with Gasteiger partial charge in [0.1, 0.15) is 5.75 Å². The maximum atomic E-state index is 12.9. The van der Waals surface area contributed by atoms with Gasteiger partial charge in [0.05, 0.1) is 30.5 Å². The van der Waals surface area contributed by atoms with E-state index < -0.39 is 17.7 Å². The zero-order valence-corrected chi connectivity index (χ0v) is 14.0. The van der Waals surface area contributed by atoms with Crippen molar-refractivity contribution in [2.24, 2.45) is 0 Å². The quantitative estimate of drug-likeness (QED) is 0.664. The first kappa shape index (κ1) is 17.5. The van der Waals surface area contributed by atoms with Crippen molar-refractivity contribution in [3.05, 3.63) is 59.7 Å². The molecular formula is C19H16N2O5. The first-order valence-electron chi connectivity index (χ1n) is 7.98. The topological polar surface area (TPSA) is 99.9 Å². The summed E-state index contributed by atoms with van der Waals surface area (Å²) < 4.78 is 10.1. The van der Waals surface area contributed by atoms with Gasteiger partial charge in [-0.3, -0.25) is 9.69 Å². The van der Waals surface area contributed by atoms with E-state index in [1.165, 1.54) is 4.90 Å². The molecule has 0 saturated carbocycles. The Hall–Kier alpha value is -3.37. The van der Waals surface area contributed by atoms with Crippen LogP contribution in [0.2, 0.25) is 0 Å². The molecule has 2 aromatic rings. The van der Waals surface area contributed by atoms with E-state index in [0.29, 0.717) is 11.3 Å². The number of nitrogens with zero attached hydrogens (tertiary/aromatic N) is 2. The largest absolute Gasteiger partial charge is 0.461 e. The van der Waals surface area contributed by atoms with Crippen LogP contribution in [0.1, 0.15) is 18.1 Å². The zero-order chi connectivity index (χ0) is 18.7. The highest BCUT2D eigenvalue weighted by molar-refractivity contribution is 6.13. The number of fused-ring (bicyclic) bond motifs is 1. The summed E-state index contributed by atoms with van der Waals surface area (Å²) in [5, 5.41) is 19.5. The van der Waals surface area contributed by atoms with Crippen molar-refractivity contribution in [1.29, 1.82) is 5.26 Å². The Kier molecular flexibility index (Phi) is 4.61. The lowest BCUT2D eigenvalue weighted by Crippen LogP contribution is -2.61. The molecule has 0 aliphatic carbocycles. The van der Waals surface area contributed by atoms with Crippen molar-refractivity contribution in [1.82, 2.24) is 0 Å². The van der Waals surface area contributed by atoms with E-state index in [-0.39, 0.29) is 18.9 Å². The highest BCUT2D eigenvalue weighted by atomic mass is 16.7. The van der Waals surface area contributed by atoms with Gasteiger partial charge in [-0.05, 0) is 36.8 Å². The van der Waals surface area contributed by atoms with Crippen LogP contribution in [0.25, 0.3) is 0 Å². The third-order valence-corrected chi connectivity index (χ3v) is 3.92. The van der Waals surface area contributed by atoms with Crippen LogP contribution in [-0.2, 0) is 20.9 Å². The Morgan fingerprint density at radius 3 is 2.62 bits per heavy atom. The number of anilines is 1. The number of esters is 1. The number of rotatable bonds is 4. The van der Waals surface area contributed by atoms with E-state index in [0.717, 1.165) is 5.56 Å². The van der Waals surface area contributed by atoms with Crippen molar-refractivity contribution in [3.63, 3.8) is 0 Å². The molecule has 0 spiro atoms. The molecular weight excluding hydrogens is 336 g/mol. The lowest BCUT2D eigenvalue weighted by Gasteiger charge is -2.37. The van der Waals surface area contributed by atoms with Gasteiger partial charge in [-0.15, -0.1) is 0 Å². The highest BCUT2D eigenvalue weighted by Gasteiger charge is 2.55. The molecule has 132 valence electrons. The predicted molar refractivity (Wildman–Crippen MR) is 91.0 cm³/mol. The first-order valence-corrected chi connectivity index (χ1v) is 7.98. The predicted octanol–water partition coefficient (Wildman–Crippen LogP) is 1.74. The van der Waals surface area contributed by atoms with E-state index in [2.05, 4.69) is 0 Å². The monoisotopic (exact) mass is 352 g/mol. The standard InChI is InChI=1S/C19H16N2O5/c1-2-25-18(23)19(24)17(22)21(15-5-3-4-6-16(15)26-19)12-14-9-7-13(11-20)8-10-14/h3-10,24H,2,12H2,1H3. The van der Waals surface area contributed by atoms with E-state index in [9.17, 15) is 14.7 Å². The van der Waals surface area contributed by atoms with E-state index in [1.807, 2.05) is 6.07 Å². The van der Waals surface area contributed by atoms with Crippen LogP contribution < -0.4 is 9.64 Å². The van der Waals surface area contributed by atoms with Crippen molar-refractivity contribution < 1.29 is 24.2 Å². The van der Waals surface area contributed by atoms with Crippen LogP contribution >= 0.6 is 0 Å². The van der Waals surface area contributed by atoms with Crippen molar-refractivity contribution >= 4 is 17.6 Å². The molecule has 0 radical (unpaired) electrons. The molecule has 1 heterocycles. The van der Waals surface area contributed by atoms with E-state index in [4.69, 9.17) is 14.7 Å². The second kappa shape index (κ2) is 6.86. The summed E-state index contributed by atoms with van der Waals surface area (Å²) in [5.74, 6) is -4.64. The molecule has 26 heavy (non-hydrogen) atoms. The Labute approximate surface area is 150 Å². The molecule has 2 aromatic carbocycles. The molecule has 1 atom stereocenters. The normalized spacial score (nSPS) is 18.5. The smallest absolute Gasteiger partial charge is 0.390 e. The molecule has 0 aromatic heterocycles. The van der Waals surface area contributed by atoms with Gasteiger partial charge in [0, 0.05) is 0 Å². The minimum absolute atomic E-state index is 0.00491. The number of amides is 1. The van der Waals surface area contributed by atoms with Crippen LogP contribution in [-0.4, -0.2) is 29.4 Å². The highest BCUT2D eigenvalue weighted by Crippen LogP contribution is 2.38. The molecule has 1 aliphatic heterocycles. The lowest BCUT2D eigenvalue weighted by atomic mass is 10.1. The molecule has 0 bridgehead atoms. The van der Waals surface area contributed by atoms with Crippen LogP contribution in [0, 0.1) is 11.3 Å². The number of carbonyl (C=O) groups excluding carboxylic acids is 2. The SMILES string of the molecule is CCOC(=O)C1(O)Oc2ccccc2N(Cc2ccc(C#N)cc2)C1=O. The lowest BCUT2D eigenvalue weighted by molar-refractivity contribution is -0.202. The molecule has 1 amide bonds. The molecule has 0 fully saturated rings. The van der Waals surface area contributed by atoms with Gasteiger partial charge in [-0.1, -0.05) is 24.3 Å². The Morgan fingerprint density at radius 1 is 1.27 bits per heavy atom. The third-order valence-electron chi connectivity index (χ3n) is 3.92. The minimum Gasteiger partial charge on any atom is -0.461 e. The summed E-state index contributed by atoms with van der Waals surface area (Å²) in [6, 6.07) is 15.3. The molecule has 0 saturated heterocycles. The number of benzene rings is 2. The fourth-order valence-electron chi connectivity index (χ4n) is 2.64. The van der Waals surface area contributed by atoms with Crippen molar-refractivity contribution in [2.45, 2.75) is 19.3 Å². The van der Waals surface area contributed by atoms with Gasteiger partial charge in [0.25, 0.3) is 0 Å². The molecule has 3 rings (SSSR count). The fourth-order valence-corrected chi connectivity index (χ4v) is 2.64. The average molecular weight is 352 g/mol. The van der Waals surface area contributed by atoms with E-state index in [1.54, 1.807) is 55.5 Å². The number of aliphatic hydroxyl groups is 1. The van der Waals surface area contributed by atoms with Crippen molar-refractivity contribution in [2.75, 3.05) is 11.5 Å². The van der Waals surface area contributed by atoms with Crippen LogP contribution in [0.4, 0.5) is 5.69 Å². The summed E-state index contributed by atoms with van der Waals surface area (Å²) in [5.41, 5.74) is 1.64. The number of para-hydroxylation sites is 2. The number of ether oxygens (including phenoxy) is 2. The zero-order valence-electron chi connectivity index (χ0n) is 14.0. The number of nitriles is 1. The number of hydrogen-bond acceptors (Lipinski definition) is 6. The minimum atomic E-state index is -2.74. The second-order valence-electron chi connectivity index (χ2n) is 5.63. The number of hydrogen-bond donors (Lipinski definition) is 1. The maximum absolute atomic E-state index is 12.9. The molecule has 1 N–H and O–H groups in total. The Morgan fingerprint density at radius 2 is 1.96 bits per heavy atom. The third kappa shape index (κ3) is 2.98. The van der Waals surface area contributed by atoms with Gasteiger partial charge in [0.15, 0.2) is 0 Å². The summed E-state index contributed by atoms with van der Waals surface area (Å²) in [6.07, 6.45) is 0. The van der Waals surface area contributed by atoms with E-state index >= 15 is 0 Å². The summed E-state index contributed by atoms with van der Waals surface area (Å²) in [7, 11) is 0. The molecule has 7 nitrogen and oxygen atoms in total. The molecule has 1 unspecified atom stereocenters. The summed E-state index contributed by atoms with van der Waals surface area (Å²) >= 11 is 0. The molecule has 7 heteroatoms. The van der Waals surface area contributed by atoms with Crippen molar-refractivity contribution in [3.8, 4) is 11.8 Å². The van der Waals surface area contributed by atoms with Gasteiger partial charge in [-0.25, -0.2) is 4.79 Å². The van der Waals surface area contributed by atoms with Crippen LogP contribution in [0.3, 0.4) is 0 Å². The van der Waals surface area contributed by atoms with Crippen LogP contribution in [0.15, 0.2) is 48.5 Å². The number of carbonyl (C=O) groups is 2. The van der Waals surface area contributed by atoms with Gasteiger partial charge >= 0.3 is 17.7 Å². The Balaban J connectivity index is 1.99. The maximum Gasteiger partial charge on any atom is 0.390 e. The summed E-state index contributed by atoms with van der Waals surface area (Å²) in [4.78, 5) is 26.3.